The average molecular weight is 264 g/mol. The summed E-state index contributed by atoms with van der Waals surface area (Å²) in [5.41, 5.74) is 1.02. The van der Waals surface area contributed by atoms with Crippen LogP contribution in [0.2, 0.25) is 0 Å². The normalized spacial score (nSPS) is 19.7. The van der Waals surface area contributed by atoms with Crippen molar-refractivity contribution >= 4 is 5.69 Å². The highest BCUT2D eigenvalue weighted by molar-refractivity contribution is 5.39. The van der Waals surface area contributed by atoms with Crippen molar-refractivity contribution in [3.63, 3.8) is 0 Å². The van der Waals surface area contributed by atoms with E-state index < -0.39 is 0 Å². The summed E-state index contributed by atoms with van der Waals surface area (Å²) in [6, 6.07) is 6.95. The summed E-state index contributed by atoms with van der Waals surface area (Å²) >= 11 is 0. The number of para-hydroxylation sites is 1. The monoisotopic (exact) mass is 264 g/mol. The van der Waals surface area contributed by atoms with Crippen LogP contribution in [-0.4, -0.2) is 41.2 Å². The molecule has 1 atom stereocenters. The Hall–Kier alpha value is -1.46. The van der Waals surface area contributed by atoms with Crippen LogP contribution in [0.3, 0.4) is 0 Å². The number of hydrogen-bond donors (Lipinski definition) is 1. The van der Waals surface area contributed by atoms with E-state index in [0.717, 1.165) is 38.0 Å². The third-order valence-corrected chi connectivity index (χ3v) is 3.79. The van der Waals surface area contributed by atoms with Gasteiger partial charge in [-0.1, -0.05) is 18.2 Å². The van der Waals surface area contributed by atoms with Gasteiger partial charge in [-0.15, -0.1) is 0 Å². The predicted octanol–water partition coefficient (Wildman–Crippen LogP) is 1.84. The second-order valence-electron chi connectivity index (χ2n) is 5.10. The summed E-state index contributed by atoms with van der Waals surface area (Å²) in [6.45, 7) is 3.14. The molecule has 1 aromatic rings. The summed E-state index contributed by atoms with van der Waals surface area (Å²) in [5, 5.41) is 19.8. The molecule has 5 heteroatoms. The highest BCUT2D eigenvalue weighted by Crippen LogP contribution is 2.22. The van der Waals surface area contributed by atoms with Crippen molar-refractivity contribution in [3.05, 3.63) is 39.9 Å². The number of nitro groups is 1. The first-order valence-electron chi connectivity index (χ1n) is 6.76. The number of rotatable bonds is 6. The van der Waals surface area contributed by atoms with Gasteiger partial charge in [-0.25, -0.2) is 0 Å². The van der Waals surface area contributed by atoms with Crippen LogP contribution >= 0.6 is 0 Å². The van der Waals surface area contributed by atoms with Crippen LogP contribution in [0.5, 0.6) is 0 Å². The quantitative estimate of drug-likeness (QED) is 0.629. The highest BCUT2D eigenvalue weighted by Gasteiger charge is 2.22. The van der Waals surface area contributed by atoms with Crippen LogP contribution in [0.25, 0.3) is 0 Å². The fraction of sp³-hybridized carbons (Fsp3) is 0.571. The molecule has 1 fully saturated rings. The van der Waals surface area contributed by atoms with Gasteiger partial charge in [0.25, 0.3) is 5.69 Å². The molecule has 1 N–H and O–H groups in total. The number of nitrogens with zero attached hydrogens (tertiary/aromatic N) is 2. The fourth-order valence-electron chi connectivity index (χ4n) is 2.71. The molecule has 2 rings (SSSR count). The van der Waals surface area contributed by atoms with Crippen molar-refractivity contribution in [2.24, 2.45) is 5.92 Å². The van der Waals surface area contributed by atoms with Crippen molar-refractivity contribution in [3.8, 4) is 0 Å². The van der Waals surface area contributed by atoms with Crippen LogP contribution in [-0.2, 0) is 6.42 Å². The summed E-state index contributed by atoms with van der Waals surface area (Å²) in [7, 11) is 0. The fourth-order valence-corrected chi connectivity index (χ4v) is 2.71. The number of aliphatic hydroxyl groups excluding tert-OH is 1. The Balaban J connectivity index is 1.88. The van der Waals surface area contributed by atoms with Crippen LogP contribution < -0.4 is 0 Å². The molecule has 1 aliphatic heterocycles. The van der Waals surface area contributed by atoms with Gasteiger partial charge in [-0.05, 0) is 31.7 Å². The molecule has 5 nitrogen and oxygen atoms in total. The van der Waals surface area contributed by atoms with Crippen LogP contribution in [0.1, 0.15) is 18.4 Å². The minimum absolute atomic E-state index is 0.216. The zero-order valence-corrected chi connectivity index (χ0v) is 11.0. The standard InChI is InChI=1S/C14H20N2O3/c17-10-7-12-5-8-15(11-12)9-6-13-3-1-2-4-14(13)16(18)19/h1-4,12,17H,5-11H2. The molecule has 0 amide bonds. The molecule has 1 aromatic carbocycles. The molecule has 104 valence electrons. The SMILES string of the molecule is O=[N+]([O-])c1ccccc1CCN1CCC(CCO)C1. The zero-order valence-electron chi connectivity index (χ0n) is 11.0. The van der Waals surface area contributed by atoms with E-state index in [4.69, 9.17) is 5.11 Å². The van der Waals surface area contributed by atoms with Gasteiger partial charge in [0, 0.05) is 31.3 Å². The second kappa shape index (κ2) is 6.63. The number of benzene rings is 1. The molecular weight excluding hydrogens is 244 g/mol. The minimum Gasteiger partial charge on any atom is -0.396 e. The van der Waals surface area contributed by atoms with Crippen LogP contribution in [0, 0.1) is 16.0 Å². The number of nitro benzene ring substituents is 1. The van der Waals surface area contributed by atoms with Gasteiger partial charge in [0.15, 0.2) is 0 Å². The maximum atomic E-state index is 10.9. The molecule has 0 aliphatic carbocycles. The predicted molar refractivity (Wildman–Crippen MR) is 73.1 cm³/mol. The third kappa shape index (κ3) is 3.75. The molecule has 0 aromatic heterocycles. The lowest BCUT2D eigenvalue weighted by molar-refractivity contribution is -0.385. The Labute approximate surface area is 113 Å². The molecule has 1 saturated heterocycles. The van der Waals surface area contributed by atoms with E-state index in [1.54, 1.807) is 12.1 Å². The van der Waals surface area contributed by atoms with E-state index in [0.29, 0.717) is 12.3 Å². The van der Waals surface area contributed by atoms with Crippen molar-refractivity contribution in [2.75, 3.05) is 26.2 Å². The Bertz CT molecular complexity index is 436. The van der Waals surface area contributed by atoms with E-state index in [1.165, 1.54) is 0 Å². The molecule has 0 bridgehead atoms. The lowest BCUT2D eigenvalue weighted by Gasteiger charge is -2.15. The van der Waals surface area contributed by atoms with Crippen molar-refractivity contribution in [2.45, 2.75) is 19.3 Å². The molecule has 1 heterocycles. The van der Waals surface area contributed by atoms with Crippen LogP contribution in [0.4, 0.5) is 5.69 Å². The van der Waals surface area contributed by atoms with E-state index in [1.807, 2.05) is 12.1 Å². The summed E-state index contributed by atoms with van der Waals surface area (Å²) in [5.74, 6) is 0.579. The summed E-state index contributed by atoms with van der Waals surface area (Å²) < 4.78 is 0. The zero-order chi connectivity index (χ0) is 13.7. The summed E-state index contributed by atoms with van der Waals surface area (Å²) in [6.07, 6.45) is 2.70. The van der Waals surface area contributed by atoms with Crippen molar-refractivity contribution < 1.29 is 10.0 Å². The molecule has 19 heavy (non-hydrogen) atoms. The van der Waals surface area contributed by atoms with Gasteiger partial charge in [0.05, 0.1) is 4.92 Å². The van der Waals surface area contributed by atoms with E-state index in [9.17, 15) is 10.1 Å². The smallest absolute Gasteiger partial charge is 0.272 e. The van der Waals surface area contributed by atoms with E-state index in [2.05, 4.69) is 4.90 Å². The Morgan fingerprint density at radius 3 is 2.95 bits per heavy atom. The molecule has 0 spiro atoms. The minimum atomic E-state index is -0.312. The first-order valence-corrected chi connectivity index (χ1v) is 6.76. The maximum Gasteiger partial charge on any atom is 0.272 e. The van der Waals surface area contributed by atoms with Gasteiger partial charge in [-0.2, -0.15) is 0 Å². The van der Waals surface area contributed by atoms with E-state index in [-0.39, 0.29) is 17.2 Å². The molecule has 1 unspecified atom stereocenters. The Morgan fingerprint density at radius 2 is 2.21 bits per heavy atom. The number of aliphatic hydroxyl groups is 1. The molecular formula is C14H20N2O3. The van der Waals surface area contributed by atoms with Gasteiger partial charge < -0.3 is 10.0 Å². The van der Waals surface area contributed by atoms with Gasteiger partial charge in [0.1, 0.15) is 0 Å². The van der Waals surface area contributed by atoms with Gasteiger partial charge >= 0.3 is 0 Å². The molecule has 0 saturated carbocycles. The molecule has 1 aliphatic rings. The highest BCUT2D eigenvalue weighted by atomic mass is 16.6. The lowest BCUT2D eigenvalue weighted by atomic mass is 10.1. The van der Waals surface area contributed by atoms with Crippen LogP contribution in [0.15, 0.2) is 24.3 Å². The second-order valence-corrected chi connectivity index (χ2v) is 5.10. The van der Waals surface area contributed by atoms with Gasteiger partial charge in [0.2, 0.25) is 0 Å². The maximum absolute atomic E-state index is 10.9. The van der Waals surface area contributed by atoms with Gasteiger partial charge in [-0.3, -0.25) is 10.1 Å². The Kier molecular flexibility index (Phi) is 4.87. The third-order valence-electron chi connectivity index (χ3n) is 3.79. The first kappa shape index (κ1) is 14.0. The number of hydrogen-bond acceptors (Lipinski definition) is 4. The van der Waals surface area contributed by atoms with Crippen molar-refractivity contribution in [1.29, 1.82) is 0 Å². The first-order chi connectivity index (χ1) is 9.20. The van der Waals surface area contributed by atoms with E-state index >= 15 is 0 Å². The largest absolute Gasteiger partial charge is 0.396 e. The summed E-state index contributed by atoms with van der Waals surface area (Å²) in [4.78, 5) is 12.9. The number of likely N-dealkylation sites (tertiary alicyclic amines) is 1. The Morgan fingerprint density at radius 1 is 1.42 bits per heavy atom. The van der Waals surface area contributed by atoms with Crippen molar-refractivity contribution in [1.82, 2.24) is 4.90 Å². The lowest BCUT2D eigenvalue weighted by Crippen LogP contribution is -2.23. The average Bonchev–Trinajstić information content (AvgIpc) is 2.85. The topological polar surface area (TPSA) is 66.6 Å². The molecule has 0 radical (unpaired) electrons.